The number of para-hydroxylation sites is 1. The van der Waals surface area contributed by atoms with E-state index < -0.39 is 35.4 Å². The van der Waals surface area contributed by atoms with Gasteiger partial charge in [0.25, 0.3) is 0 Å². The molecule has 0 saturated carbocycles. The van der Waals surface area contributed by atoms with E-state index >= 15 is 0 Å². The van der Waals surface area contributed by atoms with Gasteiger partial charge < -0.3 is 19.3 Å². The molecule has 2 aromatic carbocycles. The SMILES string of the molecule is COC(=O)c1c(-c2cc(OC(F)(F)F)cc(I)c2O)nn(-c2ccccc2)c1C(=O)OC. The monoisotopic (exact) mass is 562 g/mol. The van der Waals surface area contributed by atoms with Crippen LogP contribution in [-0.4, -0.2) is 47.4 Å². The number of alkyl halides is 3. The smallest absolute Gasteiger partial charge is 0.506 e. The summed E-state index contributed by atoms with van der Waals surface area (Å²) in [5.41, 5.74) is -0.975. The number of aromatic nitrogens is 2. The van der Waals surface area contributed by atoms with Crippen LogP contribution in [0.3, 0.4) is 0 Å². The Kier molecular flexibility index (Phi) is 6.62. The Hall–Kier alpha value is -3.29. The second-order valence-corrected chi connectivity index (χ2v) is 7.31. The van der Waals surface area contributed by atoms with Crippen molar-refractivity contribution in [3.63, 3.8) is 0 Å². The maximum atomic E-state index is 12.8. The molecule has 1 N–H and O–H groups in total. The highest BCUT2D eigenvalue weighted by molar-refractivity contribution is 14.1. The second-order valence-electron chi connectivity index (χ2n) is 6.15. The molecule has 0 saturated heterocycles. The van der Waals surface area contributed by atoms with Crippen molar-refractivity contribution in [3.8, 4) is 28.4 Å². The number of methoxy groups -OCH3 is 2. The normalized spacial score (nSPS) is 11.2. The number of nitrogens with zero attached hydrogens (tertiary/aromatic N) is 2. The molecule has 0 fully saturated rings. The molecule has 0 aliphatic heterocycles. The lowest BCUT2D eigenvalue weighted by atomic mass is 10.0. The van der Waals surface area contributed by atoms with Gasteiger partial charge in [0.2, 0.25) is 0 Å². The number of benzene rings is 2. The summed E-state index contributed by atoms with van der Waals surface area (Å²) in [6.07, 6.45) is -5.00. The molecular weight excluding hydrogens is 548 g/mol. The fourth-order valence-electron chi connectivity index (χ4n) is 2.89. The van der Waals surface area contributed by atoms with Crippen molar-refractivity contribution in [2.75, 3.05) is 14.2 Å². The molecule has 0 spiro atoms. The molecule has 0 amide bonds. The molecule has 0 radical (unpaired) electrons. The number of hydrogen-bond acceptors (Lipinski definition) is 7. The quantitative estimate of drug-likeness (QED) is 0.366. The first-order chi connectivity index (χ1) is 15.1. The Bertz CT molecular complexity index is 1180. The van der Waals surface area contributed by atoms with E-state index in [1.54, 1.807) is 52.9 Å². The van der Waals surface area contributed by atoms with Crippen LogP contribution in [-0.2, 0) is 9.47 Å². The van der Waals surface area contributed by atoms with E-state index in [1.165, 1.54) is 0 Å². The number of ether oxygens (including phenoxy) is 3. The molecule has 0 bridgehead atoms. The topological polar surface area (TPSA) is 99.9 Å². The van der Waals surface area contributed by atoms with Gasteiger partial charge in [-0.15, -0.1) is 13.2 Å². The Balaban J connectivity index is 2.38. The summed E-state index contributed by atoms with van der Waals surface area (Å²) in [6.45, 7) is 0. The zero-order chi connectivity index (χ0) is 23.6. The molecule has 1 heterocycles. The van der Waals surface area contributed by atoms with Crippen molar-refractivity contribution in [1.82, 2.24) is 9.78 Å². The van der Waals surface area contributed by atoms with Crippen molar-refractivity contribution in [2.24, 2.45) is 0 Å². The fraction of sp³-hybridized carbons (Fsp3) is 0.150. The zero-order valence-corrected chi connectivity index (χ0v) is 18.6. The highest BCUT2D eigenvalue weighted by Gasteiger charge is 2.35. The van der Waals surface area contributed by atoms with Gasteiger partial charge in [-0.25, -0.2) is 14.3 Å². The van der Waals surface area contributed by atoms with E-state index in [9.17, 15) is 27.9 Å². The van der Waals surface area contributed by atoms with Crippen molar-refractivity contribution < 1.29 is 42.1 Å². The van der Waals surface area contributed by atoms with Crippen LogP contribution in [0.4, 0.5) is 13.2 Å². The molecule has 0 aliphatic rings. The van der Waals surface area contributed by atoms with Crippen LogP contribution in [0.5, 0.6) is 11.5 Å². The largest absolute Gasteiger partial charge is 0.573 e. The molecule has 3 rings (SSSR count). The number of esters is 2. The number of aromatic hydroxyl groups is 1. The summed E-state index contributed by atoms with van der Waals surface area (Å²) in [6, 6.07) is 9.98. The van der Waals surface area contributed by atoms with Gasteiger partial charge in [-0.2, -0.15) is 5.10 Å². The molecule has 1 aromatic heterocycles. The Morgan fingerprint density at radius 3 is 2.25 bits per heavy atom. The molecule has 3 aromatic rings. The van der Waals surface area contributed by atoms with Crippen molar-refractivity contribution in [1.29, 1.82) is 0 Å². The average Bonchev–Trinajstić information content (AvgIpc) is 3.15. The molecule has 32 heavy (non-hydrogen) atoms. The third-order valence-electron chi connectivity index (χ3n) is 4.18. The summed E-state index contributed by atoms with van der Waals surface area (Å²) in [7, 11) is 2.14. The van der Waals surface area contributed by atoms with Crippen LogP contribution in [0.15, 0.2) is 42.5 Å². The van der Waals surface area contributed by atoms with Gasteiger partial charge >= 0.3 is 18.3 Å². The first-order valence-electron chi connectivity index (χ1n) is 8.71. The number of rotatable bonds is 5. The lowest BCUT2D eigenvalue weighted by Crippen LogP contribution is -2.17. The Morgan fingerprint density at radius 2 is 1.69 bits per heavy atom. The van der Waals surface area contributed by atoms with Gasteiger partial charge in [0.15, 0.2) is 5.69 Å². The lowest BCUT2D eigenvalue weighted by molar-refractivity contribution is -0.274. The Morgan fingerprint density at radius 1 is 1.06 bits per heavy atom. The minimum absolute atomic E-state index is 0.0101. The summed E-state index contributed by atoms with van der Waals surface area (Å²) >= 11 is 1.60. The fourth-order valence-corrected chi connectivity index (χ4v) is 3.49. The van der Waals surface area contributed by atoms with Crippen LogP contribution in [0.1, 0.15) is 20.8 Å². The summed E-state index contributed by atoms with van der Waals surface area (Å²) in [5.74, 6) is -3.09. The van der Waals surface area contributed by atoms with Crippen LogP contribution >= 0.6 is 22.6 Å². The average molecular weight is 562 g/mol. The summed E-state index contributed by atoms with van der Waals surface area (Å²) in [5, 5.41) is 14.8. The van der Waals surface area contributed by atoms with Gasteiger partial charge in [-0.05, 0) is 46.9 Å². The minimum Gasteiger partial charge on any atom is -0.506 e. The molecule has 0 atom stereocenters. The van der Waals surface area contributed by atoms with Crippen molar-refractivity contribution in [3.05, 3.63) is 57.3 Å². The van der Waals surface area contributed by atoms with Crippen LogP contribution in [0.25, 0.3) is 16.9 Å². The number of halogens is 4. The highest BCUT2D eigenvalue weighted by Crippen LogP contribution is 2.40. The Labute approximate surface area is 192 Å². The van der Waals surface area contributed by atoms with E-state index in [0.29, 0.717) is 5.69 Å². The van der Waals surface area contributed by atoms with Crippen molar-refractivity contribution in [2.45, 2.75) is 6.36 Å². The second kappa shape index (κ2) is 9.06. The van der Waals surface area contributed by atoms with E-state index in [4.69, 9.17) is 9.47 Å². The number of carbonyl (C=O) groups is 2. The molecule has 8 nitrogen and oxygen atoms in total. The summed E-state index contributed by atoms with van der Waals surface area (Å²) < 4.78 is 52.9. The highest BCUT2D eigenvalue weighted by atomic mass is 127. The van der Waals surface area contributed by atoms with Gasteiger partial charge in [0.1, 0.15) is 22.8 Å². The van der Waals surface area contributed by atoms with Crippen molar-refractivity contribution >= 4 is 34.5 Å². The number of carbonyl (C=O) groups excluding carboxylic acids is 2. The van der Waals surface area contributed by atoms with Gasteiger partial charge in [0, 0.05) is 5.56 Å². The predicted octanol–water partition coefficient (Wildman–Crippen LogP) is 4.32. The minimum atomic E-state index is -5.00. The molecule has 12 heteroatoms. The molecule has 0 aliphatic carbocycles. The first-order valence-corrected chi connectivity index (χ1v) is 9.79. The number of hydrogen-bond donors (Lipinski definition) is 1. The van der Waals surface area contributed by atoms with Crippen LogP contribution in [0, 0.1) is 3.57 Å². The van der Waals surface area contributed by atoms with Gasteiger partial charge in [-0.1, -0.05) is 18.2 Å². The molecule has 168 valence electrons. The maximum absolute atomic E-state index is 12.8. The van der Waals surface area contributed by atoms with Crippen LogP contribution in [0.2, 0.25) is 0 Å². The number of phenols is 1. The zero-order valence-electron chi connectivity index (χ0n) is 16.4. The summed E-state index contributed by atoms with van der Waals surface area (Å²) in [4.78, 5) is 25.2. The van der Waals surface area contributed by atoms with Gasteiger partial charge in [0.05, 0.1) is 23.5 Å². The number of phenolic OH excluding ortho intramolecular Hbond substituents is 1. The van der Waals surface area contributed by atoms with E-state index in [2.05, 4.69) is 9.84 Å². The van der Waals surface area contributed by atoms with E-state index in [1.807, 2.05) is 0 Å². The third-order valence-corrected chi connectivity index (χ3v) is 5.00. The first kappa shape index (κ1) is 23.4. The van der Waals surface area contributed by atoms with Crippen LogP contribution < -0.4 is 4.74 Å². The molecular formula is C20H14F3IN2O6. The molecule has 0 unspecified atom stereocenters. The predicted molar refractivity (Wildman–Crippen MR) is 113 cm³/mol. The van der Waals surface area contributed by atoms with E-state index in [-0.39, 0.29) is 20.5 Å². The van der Waals surface area contributed by atoms with E-state index in [0.717, 1.165) is 31.0 Å². The maximum Gasteiger partial charge on any atom is 0.573 e. The lowest BCUT2D eigenvalue weighted by Gasteiger charge is -2.12. The standard InChI is InChI=1S/C20H14F3IN2O6/c1-30-18(28)14-15(12-8-11(32-20(21,22)23)9-13(24)17(12)27)25-26(16(14)19(29)31-2)10-6-4-3-5-7-10/h3-9,27H,1-2H3. The third kappa shape index (κ3) is 4.64. The van der Waals surface area contributed by atoms with Gasteiger partial charge in [-0.3, -0.25) is 0 Å².